The van der Waals surface area contributed by atoms with Gasteiger partial charge in [-0.15, -0.1) is 0 Å². The van der Waals surface area contributed by atoms with Gasteiger partial charge in [0.25, 0.3) is 0 Å². The molecule has 0 aromatic rings. The standard InChI is InChI=1S/C12H22BrNO2S/c1-14(11-4-7-17(15,16)8-11)10-12(9-13)5-2-3-6-12/h11H,2-10H2,1H3. The van der Waals surface area contributed by atoms with Crippen LogP contribution in [0.3, 0.4) is 0 Å². The molecule has 2 fully saturated rings. The molecule has 1 aliphatic heterocycles. The van der Waals surface area contributed by atoms with Crippen LogP contribution in [0.5, 0.6) is 0 Å². The van der Waals surface area contributed by atoms with Crippen molar-refractivity contribution in [2.45, 2.75) is 38.1 Å². The van der Waals surface area contributed by atoms with Gasteiger partial charge in [0, 0.05) is 17.9 Å². The summed E-state index contributed by atoms with van der Waals surface area (Å²) in [5.41, 5.74) is 0.390. The highest BCUT2D eigenvalue weighted by molar-refractivity contribution is 9.09. The fourth-order valence-corrected chi connectivity index (χ4v) is 5.78. The average Bonchev–Trinajstić information content (AvgIpc) is 2.86. The summed E-state index contributed by atoms with van der Waals surface area (Å²) in [5.74, 6) is 0.741. The molecule has 0 amide bonds. The smallest absolute Gasteiger partial charge is 0.151 e. The zero-order chi connectivity index (χ0) is 12.5. The van der Waals surface area contributed by atoms with Gasteiger partial charge in [-0.05, 0) is 31.7 Å². The van der Waals surface area contributed by atoms with E-state index in [1.54, 1.807) is 0 Å². The highest BCUT2D eigenvalue weighted by Crippen LogP contribution is 2.40. The van der Waals surface area contributed by atoms with Gasteiger partial charge in [0.05, 0.1) is 11.5 Å². The topological polar surface area (TPSA) is 37.4 Å². The third-order valence-corrected chi connectivity index (χ3v) is 7.30. The SMILES string of the molecule is CN(CC1(CBr)CCCC1)C1CCS(=O)(=O)C1. The van der Waals surface area contributed by atoms with Crippen LogP contribution < -0.4 is 0 Å². The summed E-state index contributed by atoms with van der Waals surface area (Å²) < 4.78 is 23.0. The van der Waals surface area contributed by atoms with Gasteiger partial charge < -0.3 is 4.90 Å². The number of sulfone groups is 1. The summed E-state index contributed by atoms with van der Waals surface area (Å²) in [4.78, 5) is 2.29. The normalized spacial score (nSPS) is 31.1. The molecule has 17 heavy (non-hydrogen) atoms. The van der Waals surface area contributed by atoms with Gasteiger partial charge in [-0.25, -0.2) is 8.42 Å². The van der Waals surface area contributed by atoms with Crippen molar-refractivity contribution in [1.82, 2.24) is 4.90 Å². The predicted octanol–water partition coefficient (Wildman–Crippen LogP) is 2.06. The van der Waals surface area contributed by atoms with Crippen LogP contribution in [-0.2, 0) is 9.84 Å². The molecule has 1 atom stereocenters. The first kappa shape index (κ1) is 13.8. The van der Waals surface area contributed by atoms with Crippen molar-refractivity contribution in [2.75, 3.05) is 30.4 Å². The minimum atomic E-state index is -2.75. The van der Waals surface area contributed by atoms with Crippen molar-refractivity contribution in [3.05, 3.63) is 0 Å². The largest absolute Gasteiger partial charge is 0.302 e. The highest BCUT2D eigenvalue weighted by Gasteiger charge is 2.37. The molecule has 3 nitrogen and oxygen atoms in total. The predicted molar refractivity (Wildman–Crippen MR) is 74.4 cm³/mol. The fourth-order valence-electron chi connectivity index (χ4n) is 3.24. The van der Waals surface area contributed by atoms with Gasteiger partial charge in [-0.1, -0.05) is 28.8 Å². The van der Waals surface area contributed by atoms with Crippen molar-refractivity contribution in [1.29, 1.82) is 0 Å². The van der Waals surface area contributed by atoms with Crippen molar-refractivity contribution >= 4 is 25.8 Å². The van der Waals surface area contributed by atoms with Gasteiger partial charge in [0.1, 0.15) is 0 Å². The van der Waals surface area contributed by atoms with E-state index in [0.717, 1.165) is 18.3 Å². The van der Waals surface area contributed by atoms with Crippen LogP contribution in [0.1, 0.15) is 32.1 Å². The van der Waals surface area contributed by atoms with E-state index in [4.69, 9.17) is 0 Å². The molecule has 2 rings (SSSR count). The second-order valence-electron chi connectivity index (χ2n) is 5.81. The average molecular weight is 324 g/mol. The lowest BCUT2D eigenvalue weighted by atomic mass is 9.88. The number of rotatable bonds is 4. The molecule has 1 saturated heterocycles. The van der Waals surface area contributed by atoms with Crippen LogP contribution >= 0.6 is 15.9 Å². The van der Waals surface area contributed by atoms with E-state index in [9.17, 15) is 8.42 Å². The summed E-state index contributed by atoms with van der Waals surface area (Å²) in [6.45, 7) is 1.04. The molecular weight excluding hydrogens is 302 g/mol. The Morgan fingerprint density at radius 3 is 2.47 bits per heavy atom. The van der Waals surface area contributed by atoms with E-state index in [2.05, 4.69) is 27.9 Å². The minimum absolute atomic E-state index is 0.247. The van der Waals surface area contributed by atoms with E-state index in [1.807, 2.05) is 0 Å². The highest BCUT2D eigenvalue weighted by atomic mass is 79.9. The van der Waals surface area contributed by atoms with Crippen LogP contribution in [0.15, 0.2) is 0 Å². The van der Waals surface area contributed by atoms with Crippen molar-refractivity contribution < 1.29 is 8.42 Å². The molecule has 0 aromatic carbocycles. The first-order valence-electron chi connectivity index (χ1n) is 6.43. The third-order valence-electron chi connectivity index (χ3n) is 4.36. The Morgan fingerprint density at radius 1 is 1.35 bits per heavy atom. The number of hydrogen-bond donors (Lipinski definition) is 0. The maximum absolute atomic E-state index is 11.5. The van der Waals surface area contributed by atoms with Crippen molar-refractivity contribution in [3.63, 3.8) is 0 Å². The molecule has 1 saturated carbocycles. The monoisotopic (exact) mass is 323 g/mol. The molecule has 0 aromatic heterocycles. The quantitative estimate of drug-likeness (QED) is 0.743. The zero-order valence-corrected chi connectivity index (χ0v) is 12.9. The summed E-state index contributed by atoms with van der Waals surface area (Å²) in [5, 5.41) is 1.05. The Morgan fingerprint density at radius 2 is 2.00 bits per heavy atom. The summed E-state index contributed by atoms with van der Waals surface area (Å²) >= 11 is 3.65. The lowest BCUT2D eigenvalue weighted by Crippen LogP contribution is -2.41. The molecule has 0 spiro atoms. The van der Waals surface area contributed by atoms with E-state index < -0.39 is 9.84 Å². The van der Waals surface area contributed by atoms with E-state index >= 15 is 0 Å². The zero-order valence-electron chi connectivity index (χ0n) is 10.5. The lowest BCUT2D eigenvalue weighted by molar-refractivity contribution is 0.166. The van der Waals surface area contributed by atoms with Crippen molar-refractivity contribution in [2.24, 2.45) is 5.41 Å². The molecule has 0 N–H and O–H groups in total. The summed E-state index contributed by atoms with van der Waals surface area (Å²) in [6.07, 6.45) is 6.02. The first-order valence-corrected chi connectivity index (χ1v) is 9.37. The van der Waals surface area contributed by atoms with Crippen LogP contribution in [0.25, 0.3) is 0 Å². The molecule has 5 heteroatoms. The Bertz CT molecular complexity index is 363. The Balaban J connectivity index is 1.95. The minimum Gasteiger partial charge on any atom is -0.302 e. The Labute approximate surface area is 113 Å². The van der Waals surface area contributed by atoms with Gasteiger partial charge in [0.2, 0.25) is 0 Å². The second kappa shape index (κ2) is 5.17. The van der Waals surface area contributed by atoms with Gasteiger partial charge in [-0.3, -0.25) is 0 Å². The molecule has 1 aliphatic carbocycles. The van der Waals surface area contributed by atoms with E-state index in [0.29, 0.717) is 16.9 Å². The molecular formula is C12H22BrNO2S. The lowest BCUT2D eigenvalue weighted by Gasteiger charge is -2.34. The number of alkyl halides is 1. The number of hydrogen-bond acceptors (Lipinski definition) is 3. The molecule has 2 aliphatic rings. The first-order chi connectivity index (χ1) is 7.96. The van der Waals surface area contributed by atoms with Crippen LogP contribution in [0, 0.1) is 5.41 Å². The van der Waals surface area contributed by atoms with Crippen molar-refractivity contribution in [3.8, 4) is 0 Å². The molecule has 0 bridgehead atoms. The third kappa shape index (κ3) is 3.24. The summed E-state index contributed by atoms with van der Waals surface area (Å²) in [7, 11) is -0.662. The van der Waals surface area contributed by atoms with Gasteiger partial charge >= 0.3 is 0 Å². The number of halogens is 1. The molecule has 0 radical (unpaired) electrons. The van der Waals surface area contributed by atoms with Crippen LogP contribution in [0.2, 0.25) is 0 Å². The number of nitrogens with zero attached hydrogens (tertiary/aromatic N) is 1. The van der Waals surface area contributed by atoms with Gasteiger partial charge in [0.15, 0.2) is 9.84 Å². The molecule has 1 unspecified atom stereocenters. The van der Waals surface area contributed by atoms with E-state index in [-0.39, 0.29) is 6.04 Å². The van der Waals surface area contributed by atoms with Gasteiger partial charge in [-0.2, -0.15) is 0 Å². The Hall–Kier alpha value is 0.390. The maximum atomic E-state index is 11.5. The van der Waals surface area contributed by atoms with E-state index in [1.165, 1.54) is 25.7 Å². The van der Waals surface area contributed by atoms with Crippen LogP contribution in [-0.4, -0.2) is 49.8 Å². The Kier molecular flexibility index (Phi) is 4.20. The molecule has 1 heterocycles. The van der Waals surface area contributed by atoms with Crippen LogP contribution in [0.4, 0.5) is 0 Å². The molecule has 100 valence electrons. The maximum Gasteiger partial charge on any atom is 0.151 e. The second-order valence-corrected chi connectivity index (χ2v) is 8.60. The summed E-state index contributed by atoms with van der Waals surface area (Å²) in [6, 6.07) is 0.247. The fraction of sp³-hybridized carbons (Fsp3) is 1.00.